The first-order valence-corrected chi connectivity index (χ1v) is 9.79. The SMILES string of the molecule is Cc1ccc(NCc2cc(Cl)cc(Cl)c2OCc2ccccc2Cl)cc1Cl. The van der Waals surface area contributed by atoms with Crippen molar-refractivity contribution in [2.24, 2.45) is 0 Å². The van der Waals surface area contributed by atoms with E-state index in [0.717, 1.165) is 22.4 Å². The molecule has 3 rings (SSSR count). The molecule has 0 aliphatic carbocycles. The highest BCUT2D eigenvalue weighted by Crippen LogP contribution is 2.34. The molecule has 3 aromatic carbocycles. The van der Waals surface area contributed by atoms with Gasteiger partial charge in [0.1, 0.15) is 12.4 Å². The summed E-state index contributed by atoms with van der Waals surface area (Å²) >= 11 is 25.0. The van der Waals surface area contributed by atoms with E-state index in [4.69, 9.17) is 51.1 Å². The molecule has 0 fully saturated rings. The number of nitrogens with one attached hydrogen (secondary N) is 1. The van der Waals surface area contributed by atoms with Gasteiger partial charge < -0.3 is 10.1 Å². The standard InChI is InChI=1S/C21H17Cl4NO/c1-13-6-7-17(10-19(13)24)26-11-15-8-16(22)9-20(25)21(15)27-12-14-4-2-3-5-18(14)23/h2-10,26H,11-12H2,1H3. The maximum Gasteiger partial charge on any atom is 0.143 e. The summed E-state index contributed by atoms with van der Waals surface area (Å²) in [5.74, 6) is 0.576. The first kappa shape index (κ1) is 20.2. The van der Waals surface area contributed by atoms with Crippen molar-refractivity contribution in [1.29, 1.82) is 0 Å². The van der Waals surface area contributed by atoms with Crippen molar-refractivity contribution in [3.8, 4) is 5.75 Å². The Morgan fingerprint density at radius 1 is 0.815 bits per heavy atom. The molecule has 0 spiro atoms. The maximum atomic E-state index is 6.38. The van der Waals surface area contributed by atoms with Crippen LogP contribution in [0.2, 0.25) is 20.1 Å². The minimum absolute atomic E-state index is 0.310. The normalized spacial score (nSPS) is 10.7. The van der Waals surface area contributed by atoms with Crippen molar-refractivity contribution in [3.63, 3.8) is 0 Å². The van der Waals surface area contributed by atoms with Crippen LogP contribution in [-0.2, 0) is 13.2 Å². The summed E-state index contributed by atoms with van der Waals surface area (Å²) < 4.78 is 5.98. The lowest BCUT2D eigenvalue weighted by atomic mass is 10.1. The third kappa shape index (κ3) is 5.24. The smallest absolute Gasteiger partial charge is 0.143 e. The quantitative estimate of drug-likeness (QED) is 0.422. The predicted octanol–water partition coefficient (Wildman–Crippen LogP) is 7.80. The number of hydrogen-bond acceptors (Lipinski definition) is 2. The summed E-state index contributed by atoms with van der Waals surface area (Å²) in [6.07, 6.45) is 0. The van der Waals surface area contributed by atoms with Gasteiger partial charge >= 0.3 is 0 Å². The van der Waals surface area contributed by atoms with Crippen molar-refractivity contribution in [2.45, 2.75) is 20.1 Å². The molecular formula is C21H17Cl4NO. The van der Waals surface area contributed by atoms with Gasteiger partial charge in [-0.15, -0.1) is 0 Å². The fraction of sp³-hybridized carbons (Fsp3) is 0.143. The first-order chi connectivity index (χ1) is 12.9. The summed E-state index contributed by atoms with van der Waals surface area (Å²) in [4.78, 5) is 0. The zero-order chi connectivity index (χ0) is 19.4. The number of hydrogen-bond donors (Lipinski definition) is 1. The molecule has 2 nitrogen and oxygen atoms in total. The minimum Gasteiger partial charge on any atom is -0.487 e. The Morgan fingerprint density at radius 2 is 1.59 bits per heavy atom. The van der Waals surface area contributed by atoms with Gasteiger partial charge in [-0.3, -0.25) is 0 Å². The Hall–Kier alpha value is -1.58. The van der Waals surface area contributed by atoms with Crippen molar-refractivity contribution in [3.05, 3.63) is 91.4 Å². The third-order valence-electron chi connectivity index (χ3n) is 4.07. The van der Waals surface area contributed by atoms with Crippen molar-refractivity contribution < 1.29 is 4.74 Å². The molecule has 27 heavy (non-hydrogen) atoms. The fourth-order valence-electron chi connectivity index (χ4n) is 2.57. The highest BCUT2D eigenvalue weighted by Gasteiger charge is 2.12. The molecule has 0 aliphatic heterocycles. The van der Waals surface area contributed by atoms with Crippen LogP contribution in [0.25, 0.3) is 0 Å². The topological polar surface area (TPSA) is 21.3 Å². The van der Waals surface area contributed by atoms with E-state index in [0.29, 0.717) is 39.0 Å². The Labute approximate surface area is 179 Å². The molecule has 0 radical (unpaired) electrons. The average Bonchev–Trinajstić information content (AvgIpc) is 2.63. The summed E-state index contributed by atoms with van der Waals surface area (Å²) in [5.41, 5.74) is 3.65. The Kier molecular flexibility index (Phi) is 6.78. The number of anilines is 1. The molecule has 0 unspecified atom stereocenters. The lowest BCUT2D eigenvalue weighted by Crippen LogP contribution is -2.05. The number of rotatable bonds is 6. The van der Waals surface area contributed by atoms with Crippen LogP contribution in [0.1, 0.15) is 16.7 Å². The van der Waals surface area contributed by atoms with E-state index in [1.165, 1.54) is 0 Å². The number of aryl methyl sites for hydroxylation is 1. The maximum absolute atomic E-state index is 6.38. The predicted molar refractivity (Wildman–Crippen MR) is 116 cm³/mol. The van der Waals surface area contributed by atoms with E-state index >= 15 is 0 Å². The van der Waals surface area contributed by atoms with E-state index < -0.39 is 0 Å². The van der Waals surface area contributed by atoms with Crippen molar-refractivity contribution >= 4 is 52.1 Å². The monoisotopic (exact) mass is 439 g/mol. The second-order valence-electron chi connectivity index (χ2n) is 6.07. The van der Waals surface area contributed by atoms with E-state index in [1.54, 1.807) is 6.07 Å². The van der Waals surface area contributed by atoms with Crippen LogP contribution in [0.4, 0.5) is 5.69 Å². The highest BCUT2D eigenvalue weighted by atomic mass is 35.5. The van der Waals surface area contributed by atoms with Gasteiger partial charge in [0.2, 0.25) is 0 Å². The molecule has 1 N–H and O–H groups in total. The molecule has 0 heterocycles. The molecular weight excluding hydrogens is 424 g/mol. The second-order valence-corrected chi connectivity index (χ2v) is 7.73. The molecule has 0 saturated heterocycles. The van der Waals surface area contributed by atoms with Gasteiger partial charge in [0.15, 0.2) is 0 Å². The molecule has 0 amide bonds. The van der Waals surface area contributed by atoms with Gasteiger partial charge in [-0.1, -0.05) is 70.7 Å². The second kappa shape index (κ2) is 9.07. The molecule has 0 aliphatic rings. The van der Waals surface area contributed by atoms with E-state index in [2.05, 4.69) is 5.32 Å². The van der Waals surface area contributed by atoms with E-state index in [9.17, 15) is 0 Å². The average molecular weight is 441 g/mol. The van der Waals surface area contributed by atoms with E-state index in [1.807, 2.05) is 55.5 Å². The third-order valence-corrected chi connectivity index (χ3v) is 5.34. The van der Waals surface area contributed by atoms with Crippen LogP contribution < -0.4 is 10.1 Å². The van der Waals surface area contributed by atoms with E-state index in [-0.39, 0.29) is 0 Å². The molecule has 0 aromatic heterocycles. The molecule has 3 aromatic rings. The first-order valence-electron chi connectivity index (χ1n) is 8.28. The lowest BCUT2D eigenvalue weighted by molar-refractivity contribution is 0.303. The summed E-state index contributed by atoms with van der Waals surface area (Å²) in [6.45, 7) is 2.76. The van der Waals surface area contributed by atoms with Gasteiger partial charge in [0, 0.05) is 38.4 Å². The Balaban J connectivity index is 1.79. The lowest BCUT2D eigenvalue weighted by Gasteiger charge is -2.16. The van der Waals surface area contributed by atoms with Gasteiger partial charge in [0.05, 0.1) is 5.02 Å². The van der Waals surface area contributed by atoms with Crippen LogP contribution in [0.5, 0.6) is 5.75 Å². The van der Waals surface area contributed by atoms with Crippen LogP contribution in [0.15, 0.2) is 54.6 Å². The zero-order valence-electron chi connectivity index (χ0n) is 14.5. The van der Waals surface area contributed by atoms with Crippen LogP contribution in [-0.4, -0.2) is 0 Å². The van der Waals surface area contributed by atoms with Crippen molar-refractivity contribution in [2.75, 3.05) is 5.32 Å². The molecule has 6 heteroatoms. The van der Waals surface area contributed by atoms with Crippen LogP contribution in [0, 0.1) is 6.92 Å². The van der Waals surface area contributed by atoms with Crippen LogP contribution >= 0.6 is 46.4 Å². The largest absolute Gasteiger partial charge is 0.487 e. The molecule has 140 valence electrons. The Bertz CT molecular complexity index is 959. The molecule has 0 saturated carbocycles. The number of ether oxygens (including phenoxy) is 1. The summed E-state index contributed by atoms with van der Waals surface area (Å²) in [7, 11) is 0. The molecule has 0 bridgehead atoms. The minimum atomic E-state index is 0.310. The van der Waals surface area contributed by atoms with Gasteiger partial charge in [-0.05, 0) is 42.8 Å². The van der Waals surface area contributed by atoms with Gasteiger partial charge in [-0.2, -0.15) is 0 Å². The van der Waals surface area contributed by atoms with Gasteiger partial charge in [0.25, 0.3) is 0 Å². The van der Waals surface area contributed by atoms with Crippen molar-refractivity contribution in [1.82, 2.24) is 0 Å². The molecule has 0 atom stereocenters. The Morgan fingerprint density at radius 3 is 2.33 bits per heavy atom. The number of benzene rings is 3. The van der Waals surface area contributed by atoms with Gasteiger partial charge in [-0.25, -0.2) is 0 Å². The summed E-state index contributed by atoms with van der Waals surface area (Å²) in [6, 6.07) is 16.8. The van der Waals surface area contributed by atoms with Crippen LogP contribution in [0.3, 0.4) is 0 Å². The zero-order valence-corrected chi connectivity index (χ0v) is 17.6. The number of halogens is 4. The fourth-order valence-corrected chi connectivity index (χ4v) is 3.53. The summed E-state index contributed by atoms with van der Waals surface area (Å²) in [5, 5.41) is 5.68. The highest BCUT2D eigenvalue weighted by molar-refractivity contribution is 6.35.